The molecule has 1 aromatic heterocycles. The third-order valence-electron chi connectivity index (χ3n) is 6.38. The van der Waals surface area contributed by atoms with Crippen molar-refractivity contribution in [3.63, 3.8) is 0 Å². The smallest absolute Gasteiger partial charge is 0.240 e. The molecule has 8 heteroatoms. The number of hydrogen-bond acceptors (Lipinski definition) is 6. The number of para-hydroxylation sites is 1. The second-order valence-corrected chi connectivity index (χ2v) is 9.92. The van der Waals surface area contributed by atoms with Crippen molar-refractivity contribution >= 4 is 22.4 Å². The molecule has 1 saturated heterocycles. The number of amides is 1. The lowest BCUT2D eigenvalue weighted by Gasteiger charge is -2.44. The van der Waals surface area contributed by atoms with Crippen molar-refractivity contribution in [1.29, 1.82) is 0 Å². The molecule has 3 aromatic rings. The van der Waals surface area contributed by atoms with E-state index in [4.69, 9.17) is 4.74 Å². The summed E-state index contributed by atoms with van der Waals surface area (Å²) in [5, 5.41) is 16.7. The van der Waals surface area contributed by atoms with E-state index < -0.39 is 11.7 Å². The van der Waals surface area contributed by atoms with E-state index in [-0.39, 0.29) is 18.3 Å². The highest BCUT2D eigenvalue weighted by molar-refractivity contribution is 7.14. The maximum Gasteiger partial charge on any atom is 0.240 e. The molecule has 1 aliphatic heterocycles. The highest BCUT2D eigenvalue weighted by Crippen LogP contribution is 2.32. The molecule has 0 spiro atoms. The van der Waals surface area contributed by atoms with Crippen LogP contribution in [0.1, 0.15) is 39.0 Å². The van der Waals surface area contributed by atoms with E-state index in [1.54, 1.807) is 12.1 Å². The third kappa shape index (κ3) is 6.87. The molecule has 0 radical (unpaired) electrons. The number of halogens is 1. The number of piperidine rings is 1. The van der Waals surface area contributed by atoms with E-state index in [0.29, 0.717) is 42.5 Å². The molecule has 2 N–H and O–H groups in total. The van der Waals surface area contributed by atoms with Crippen molar-refractivity contribution in [2.75, 3.05) is 25.0 Å². The average Bonchev–Trinajstić information content (AvgIpc) is 3.31. The summed E-state index contributed by atoms with van der Waals surface area (Å²) >= 11 is 1.33. The number of thiazole rings is 1. The van der Waals surface area contributed by atoms with Crippen LogP contribution in [-0.2, 0) is 4.79 Å². The fourth-order valence-electron chi connectivity index (χ4n) is 4.38. The number of nitrogens with zero attached hydrogens (tertiary/aromatic N) is 2. The number of anilines is 1. The van der Waals surface area contributed by atoms with Crippen LogP contribution in [0.2, 0.25) is 0 Å². The minimum atomic E-state index is -0.919. The molecule has 4 rings (SSSR count). The van der Waals surface area contributed by atoms with Gasteiger partial charge < -0.3 is 15.2 Å². The molecular weight excluding hydrogens is 465 g/mol. The van der Waals surface area contributed by atoms with Gasteiger partial charge in [-0.15, -0.1) is 11.3 Å². The van der Waals surface area contributed by atoms with E-state index in [1.807, 2.05) is 40.6 Å². The van der Waals surface area contributed by atoms with Gasteiger partial charge in [-0.25, -0.2) is 9.37 Å². The highest BCUT2D eigenvalue weighted by atomic mass is 32.1. The molecule has 1 amide bonds. The Labute approximate surface area is 209 Å². The third-order valence-corrected chi connectivity index (χ3v) is 7.13. The number of aromatic nitrogens is 1. The average molecular weight is 498 g/mol. The molecule has 0 bridgehead atoms. The molecule has 6 nitrogen and oxygen atoms in total. The van der Waals surface area contributed by atoms with Crippen molar-refractivity contribution in [2.45, 2.75) is 50.7 Å². The number of carbonyl (C=O) groups excluding carboxylic acids is 1. The molecule has 0 unspecified atom stereocenters. The molecule has 186 valence electrons. The number of benzene rings is 2. The van der Waals surface area contributed by atoms with Gasteiger partial charge in [0, 0.05) is 24.0 Å². The second kappa shape index (κ2) is 11.7. The van der Waals surface area contributed by atoms with Gasteiger partial charge in [0.15, 0.2) is 5.13 Å². The molecule has 1 aliphatic rings. The maximum absolute atomic E-state index is 13.2. The first-order valence-corrected chi connectivity index (χ1v) is 13.0. The standard InChI is InChI=1S/C27H32FN3O3S/c1-2-3-7-14-27(33)15-16-31(17-24(27)34-22-8-5-4-6-9-22)18-25(32)30-26-29-23(19-35-26)20-10-12-21(28)13-11-20/h4-6,8-13,19,24,33H,2-3,7,14-18H2,1H3,(H,29,30,32)/t24-,27-/m0/s1. The highest BCUT2D eigenvalue weighted by Gasteiger charge is 2.43. The summed E-state index contributed by atoms with van der Waals surface area (Å²) in [5.74, 6) is 0.250. The van der Waals surface area contributed by atoms with E-state index in [1.165, 1.54) is 23.5 Å². The summed E-state index contributed by atoms with van der Waals surface area (Å²) in [4.78, 5) is 19.2. The van der Waals surface area contributed by atoms with E-state index in [0.717, 1.165) is 24.8 Å². The Balaban J connectivity index is 1.37. The van der Waals surface area contributed by atoms with Gasteiger partial charge in [-0.3, -0.25) is 9.69 Å². The normalized spacial score (nSPS) is 20.5. The van der Waals surface area contributed by atoms with Crippen LogP contribution in [0.5, 0.6) is 5.75 Å². The predicted octanol–water partition coefficient (Wildman–Crippen LogP) is 5.35. The molecule has 35 heavy (non-hydrogen) atoms. The van der Waals surface area contributed by atoms with Crippen molar-refractivity contribution in [2.24, 2.45) is 0 Å². The summed E-state index contributed by atoms with van der Waals surface area (Å²) in [5.41, 5.74) is 0.566. The van der Waals surface area contributed by atoms with Crippen LogP contribution in [0, 0.1) is 5.82 Å². The Bertz CT molecular complexity index is 1090. The van der Waals surface area contributed by atoms with Crippen LogP contribution in [0.25, 0.3) is 11.3 Å². The van der Waals surface area contributed by atoms with Gasteiger partial charge in [-0.1, -0.05) is 44.4 Å². The van der Waals surface area contributed by atoms with Crippen LogP contribution in [-0.4, -0.2) is 52.2 Å². The van der Waals surface area contributed by atoms with Gasteiger partial charge in [0.25, 0.3) is 0 Å². The monoisotopic (exact) mass is 497 g/mol. The summed E-state index contributed by atoms with van der Waals surface area (Å²) in [6, 6.07) is 15.6. The van der Waals surface area contributed by atoms with E-state index >= 15 is 0 Å². The Morgan fingerprint density at radius 3 is 2.74 bits per heavy atom. The molecule has 0 saturated carbocycles. The minimum Gasteiger partial charge on any atom is -0.486 e. The van der Waals surface area contributed by atoms with Gasteiger partial charge in [0.2, 0.25) is 5.91 Å². The summed E-state index contributed by atoms with van der Waals surface area (Å²) < 4.78 is 19.4. The van der Waals surface area contributed by atoms with Crippen LogP contribution in [0.4, 0.5) is 9.52 Å². The number of rotatable bonds is 10. The predicted molar refractivity (Wildman–Crippen MR) is 137 cm³/mol. The van der Waals surface area contributed by atoms with Crippen molar-refractivity contribution < 1.29 is 19.0 Å². The van der Waals surface area contributed by atoms with Crippen molar-refractivity contribution in [1.82, 2.24) is 9.88 Å². The van der Waals surface area contributed by atoms with Gasteiger partial charge in [-0.2, -0.15) is 0 Å². The Hall–Kier alpha value is -2.81. The second-order valence-electron chi connectivity index (χ2n) is 9.06. The zero-order valence-corrected chi connectivity index (χ0v) is 20.8. The number of hydrogen-bond donors (Lipinski definition) is 2. The first-order chi connectivity index (χ1) is 16.9. The van der Waals surface area contributed by atoms with Crippen LogP contribution in [0.3, 0.4) is 0 Å². The molecule has 2 aromatic carbocycles. The lowest BCUT2D eigenvalue weighted by molar-refractivity contribution is -0.127. The van der Waals surface area contributed by atoms with Crippen LogP contribution >= 0.6 is 11.3 Å². The summed E-state index contributed by atoms with van der Waals surface area (Å²) in [6.07, 6.45) is 3.92. The Morgan fingerprint density at radius 1 is 1.23 bits per heavy atom. The molecule has 2 atom stereocenters. The van der Waals surface area contributed by atoms with Gasteiger partial charge in [-0.05, 0) is 49.2 Å². The number of nitrogens with one attached hydrogen (secondary N) is 1. The van der Waals surface area contributed by atoms with E-state index in [9.17, 15) is 14.3 Å². The summed E-state index contributed by atoms with van der Waals surface area (Å²) in [6.45, 7) is 3.41. The number of likely N-dealkylation sites (tertiary alicyclic amines) is 1. The molecule has 2 heterocycles. The van der Waals surface area contributed by atoms with Gasteiger partial charge >= 0.3 is 0 Å². The lowest BCUT2D eigenvalue weighted by atomic mass is 9.83. The Kier molecular flexibility index (Phi) is 8.49. The zero-order valence-electron chi connectivity index (χ0n) is 20.0. The van der Waals surface area contributed by atoms with Crippen LogP contribution in [0.15, 0.2) is 60.0 Å². The largest absolute Gasteiger partial charge is 0.486 e. The quantitative estimate of drug-likeness (QED) is 0.369. The lowest BCUT2D eigenvalue weighted by Crippen LogP contribution is -2.58. The number of unbranched alkanes of at least 4 members (excludes halogenated alkanes) is 2. The Morgan fingerprint density at radius 2 is 2.00 bits per heavy atom. The SMILES string of the molecule is CCCCC[C@]1(O)CCN(CC(=O)Nc2nc(-c3ccc(F)cc3)cs2)C[C@@H]1Oc1ccccc1. The fourth-order valence-corrected chi connectivity index (χ4v) is 5.11. The van der Waals surface area contributed by atoms with Gasteiger partial charge in [0.1, 0.15) is 23.3 Å². The minimum absolute atomic E-state index is 0.167. The van der Waals surface area contributed by atoms with Gasteiger partial charge in [0.05, 0.1) is 12.2 Å². The van der Waals surface area contributed by atoms with E-state index in [2.05, 4.69) is 17.2 Å². The maximum atomic E-state index is 13.2. The number of carbonyl (C=O) groups is 1. The first-order valence-electron chi connectivity index (χ1n) is 12.1. The van der Waals surface area contributed by atoms with Crippen molar-refractivity contribution in [3.8, 4) is 17.0 Å². The first kappa shape index (κ1) is 25.3. The topological polar surface area (TPSA) is 74.7 Å². The molecule has 1 fully saturated rings. The molecule has 0 aliphatic carbocycles. The van der Waals surface area contributed by atoms with Crippen molar-refractivity contribution in [3.05, 3.63) is 65.8 Å². The van der Waals surface area contributed by atoms with Crippen LogP contribution < -0.4 is 10.1 Å². The molecular formula is C27H32FN3O3S. The number of aliphatic hydroxyl groups is 1. The zero-order chi connectivity index (χ0) is 24.7. The number of ether oxygens (including phenoxy) is 1. The fraction of sp³-hybridized carbons (Fsp3) is 0.407. The summed E-state index contributed by atoms with van der Waals surface area (Å²) in [7, 11) is 0.